The van der Waals surface area contributed by atoms with E-state index in [0.717, 1.165) is 6.42 Å². The molecule has 0 unspecified atom stereocenters. The van der Waals surface area contributed by atoms with Crippen molar-refractivity contribution in [2.24, 2.45) is 0 Å². The Morgan fingerprint density at radius 3 is 2.00 bits per heavy atom. The van der Waals surface area contributed by atoms with Gasteiger partial charge >= 0.3 is 18.9 Å². The van der Waals surface area contributed by atoms with Crippen LogP contribution < -0.4 is 18.9 Å². The fraction of sp³-hybridized carbons (Fsp3) is 0.900. The van der Waals surface area contributed by atoms with Crippen molar-refractivity contribution in [2.45, 2.75) is 58.3 Å². The maximum absolute atomic E-state index is 6.82. The summed E-state index contributed by atoms with van der Waals surface area (Å²) in [4.78, 5) is 0. The van der Waals surface area contributed by atoms with Crippen LogP contribution in [0.3, 0.4) is 0 Å². The molecule has 0 fully saturated rings. The molecule has 68 valence electrons. The van der Waals surface area contributed by atoms with E-state index in [9.17, 15) is 0 Å². The Morgan fingerprint density at radius 2 is 1.50 bits per heavy atom. The molecule has 0 aromatic heterocycles. The molecule has 0 amide bonds. The molecule has 0 atom stereocenters. The zero-order chi connectivity index (χ0) is 8.36. The fourth-order valence-electron chi connectivity index (χ4n) is 1.20. The van der Waals surface area contributed by atoms with Gasteiger partial charge in [-0.3, -0.25) is 0 Å². The predicted octanol–water partition coefficient (Wildman–Crippen LogP) is 0.893. The van der Waals surface area contributed by atoms with Crippen LogP contribution in [0.1, 0.15) is 59.7 Å². The Balaban J connectivity index is -0.000000500. The third-order valence-electron chi connectivity index (χ3n) is 1.95. The standard InChI is InChI=1S/C10H21N.Li.H/c1-2-3-4-5-6-7-8-9-10-11;;/h10-11H,2-9H2,1H3;;/q;+1;-1. The molecule has 0 aliphatic heterocycles. The zero-order valence-electron chi connectivity index (χ0n) is 9.73. The van der Waals surface area contributed by atoms with E-state index in [2.05, 4.69) is 6.92 Å². The van der Waals surface area contributed by atoms with Gasteiger partial charge < -0.3 is 6.84 Å². The Kier molecular flexibility index (Phi) is 17.0. The predicted molar refractivity (Wildman–Crippen MR) is 52.5 cm³/mol. The summed E-state index contributed by atoms with van der Waals surface area (Å²) >= 11 is 0. The maximum atomic E-state index is 6.82. The smallest absolute Gasteiger partial charge is 1.00 e. The van der Waals surface area contributed by atoms with Crippen molar-refractivity contribution >= 4 is 6.21 Å². The van der Waals surface area contributed by atoms with Crippen LogP contribution in [0.25, 0.3) is 0 Å². The van der Waals surface area contributed by atoms with Crippen molar-refractivity contribution in [1.29, 1.82) is 5.41 Å². The van der Waals surface area contributed by atoms with E-state index in [1.165, 1.54) is 51.2 Å². The summed E-state index contributed by atoms with van der Waals surface area (Å²) in [5.41, 5.74) is 0. The SMILES string of the molecule is CCCCCCCCCC=N.[H-].[Li+]. The van der Waals surface area contributed by atoms with E-state index in [0.29, 0.717) is 0 Å². The summed E-state index contributed by atoms with van der Waals surface area (Å²) in [6.45, 7) is 2.25. The van der Waals surface area contributed by atoms with Gasteiger partial charge in [-0.15, -0.1) is 0 Å². The van der Waals surface area contributed by atoms with E-state index >= 15 is 0 Å². The van der Waals surface area contributed by atoms with Crippen molar-refractivity contribution < 1.29 is 20.3 Å². The summed E-state index contributed by atoms with van der Waals surface area (Å²) in [6, 6.07) is 0. The van der Waals surface area contributed by atoms with Crippen LogP contribution in [-0.4, -0.2) is 6.21 Å². The minimum absolute atomic E-state index is 0. The molecule has 2 heteroatoms. The van der Waals surface area contributed by atoms with E-state index in [1.807, 2.05) is 0 Å². The van der Waals surface area contributed by atoms with Crippen LogP contribution in [0.2, 0.25) is 0 Å². The normalized spacial score (nSPS) is 9.08. The molecule has 0 saturated heterocycles. The van der Waals surface area contributed by atoms with E-state index in [1.54, 1.807) is 0 Å². The van der Waals surface area contributed by atoms with Crippen molar-refractivity contribution in [3.63, 3.8) is 0 Å². The maximum Gasteiger partial charge on any atom is 1.00 e. The van der Waals surface area contributed by atoms with Gasteiger partial charge in [-0.25, -0.2) is 0 Å². The topological polar surface area (TPSA) is 23.9 Å². The van der Waals surface area contributed by atoms with Crippen molar-refractivity contribution in [1.82, 2.24) is 0 Å². The van der Waals surface area contributed by atoms with Gasteiger partial charge in [0.05, 0.1) is 0 Å². The number of hydrogen-bond acceptors (Lipinski definition) is 1. The zero-order valence-corrected chi connectivity index (χ0v) is 8.73. The molecule has 0 rings (SSSR count). The molecule has 0 radical (unpaired) electrons. The molecule has 0 aromatic rings. The van der Waals surface area contributed by atoms with Crippen LogP contribution in [0.4, 0.5) is 0 Å². The van der Waals surface area contributed by atoms with Gasteiger partial charge in [0.15, 0.2) is 0 Å². The average molecular weight is 163 g/mol. The molecule has 0 bridgehead atoms. The van der Waals surface area contributed by atoms with E-state index < -0.39 is 0 Å². The van der Waals surface area contributed by atoms with Crippen LogP contribution in [0.15, 0.2) is 0 Å². The number of nitrogens with one attached hydrogen (secondary N) is 1. The van der Waals surface area contributed by atoms with Gasteiger partial charge in [-0.1, -0.05) is 45.4 Å². The molecular weight excluding hydrogens is 141 g/mol. The van der Waals surface area contributed by atoms with Crippen LogP contribution in [0, 0.1) is 5.41 Å². The second-order valence-corrected chi connectivity index (χ2v) is 3.11. The first kappa shape index (κ1) is 14.8. The van der Waals surface area contributed by atoms with Gasteiger partial charge in [0.1, 0.15) is 0 Å². The summed E-state index contributed by atoms with van der Waals surface area (Å²) < 4.78 is 0. The van der Waals surface area contributed by atoms with Gasteiger partial charge in [0.25, 0.3) is 0 Å². The van der Waals surface area contributed by atoms with Crippen molar-refractivity contribution in [3.05, 3.63) is 0 Å². The number of unbranched alkanes of at least 4 members (excludes halogenated alkanes) is 7. The number of rotatable bonds is 8. The first-order chi connectivity index (χ1) is 5.41. The van der Waals surface area contributed by atoms with E-state index in [-0.39, 0.29) is 20.3 Å². The Hall–Kier alpha value is 0.267. The Morgan fingerprint density at radius 1 is 1.00 bits per heavy atom. The third-order valence-corrected chi connectivity index (χ3v) is 1.95. The second kappa shape index (κ2) is 13.8. The second-order valence-electron chi connectivity index (χ2n) is 3.11. The molecule has 1 nitrogen and oxygen atoms in total. The summed E-state index contributed by atoms with van der Waals surface area (Å²) in [7, 11) is 0. The minimum atomic E-state index is 0. The first-order valence-electron chi connectivity index (χ1n) is 4.90. The molecule has 12 heavy (non-hydrogen) atoms. The van der Waals surface area contributed by atoms with Gasteiger partial charge in [0, 0.05) is 0 Å². The van der Waals surface area contributed by atoms with Crippen LogP contribution in [0.5, 0.6) is 0 Å². The first-order valence-corrected chi connectivity index (χ1v) is 4.90. The monoisotopic (exact) mass is 163 g/mol. The van der Waals surface area contributed by atoms with Crippen molar-refractivity contribution in [2.75, 3.05) is 0 Å². The summed E-state index contributed by atoms with van der Waals surface area (Å²) in [5, 5.41) is 6.82. The fourth-order valence-corrected chi connectivity index (χ4v) is 1.20. The molecule has 0 spiro atoms. The average Bonchev–Trinajstić information content (AvgIpc) is 2.03. The van der Waals surface area contributed by atoms with Crippen LogP contribution >= 0.6 is 0 Å². The minimum Gasteiger partial charge on any atom is -1.00 e. The van der Waals surface area contributed by atoms with E-state index in [4.69, 9.17) is 5.41 Å². The third kappa shape index (κ3) is 12.9. The quantitative estimate of drug-likeness (QED) is 0.312. The Bertz CT molecular complexity index is 89.0. The molecular formula is C10H22LiN. The molecule has 0 aromatic carbocycles. The molecule has 1 N–H and O–H groups in total. The summed E-state index contributed by atoms with van der Waals surface area (Å²) in [5.74, 6) is 0. The Labute approximate surface area is 90.5 Å². The van der Waals surface area contributed by atoms with Crippen LogP contribution in [-0.2, 0) is 0 Å². The van der Waals surface area contributed by atoms with Crippen molar-refractivity contribution in [3.8, 4) is 0 Å². The number of hydrogen-bond donors (Lipinski definition) is 1. The van der Waals surface area contributed by atoms with Gasteiger partial charge in [0.2, 0.25) is 0 Å². The summed E-state index contributed by atoms with van der Waals surface area (Å²) in [6.07, 6.45) is 11.9. The molecule has 0 heterocycles. The molecule has 0 saturated carbocycles. The molecule has 0 aliphatic carbocycles. The largest absolute Gasteiger partial charge is 1.00 e. The molecule has 0 aliphatic rings. The van der Waals surface area contributed by atoms with Gasteiger partial charge in [-0.2, -0.15) is 0 Å². The van der Waals surface area contributed by atoms with Gasteiger partial charge in [-0.05, 0) is 19.1 Å².